The van der Waals surface area contributed by atoms with Gasteiger partial charge in [-0.3, -0.25) is 9.36 Å². The molecule has 4 nitrogen and oxygen atoms in total. The van der Waals surface area contributed by atoms with E-state index in [-0.39, 0.29) is 5.56 Å². The molecule has 3 rings (SSSR count). The van der Waals surface area contributed by atoms with E-state index < -0.39 is 36.5 Å². The molecule has 1 aliphatic heterocycles. The lowest BCUT2D eigenvalue weighted by Gasteiger charge is -2.25. The zero-order valence-corrected chi connectivity index (χ0v) is 17.2. The van der Waals surface area contributed by atoms with Gasteiger partial charge in [-0.15, -0.1) is 11.8 Å². The Bertz CT molecular complexity index is 995. The molecule has 0 aromatic heterocycles. The van der Waals surface area contributed by atoms with Crippen molar-refractivity contribution in [2.45, 2.75) is 16.5 Å². The number of hydrogen-bond donors (Lipinski definition) is 2. The first-order valence-corrected chi connectivity index (χ1v) is 11.8. The Kier molecular flexibility index (Phi) is 6.30. The molecule has 0 bridgehead atoms. The number of halogens is 3. The third-order valence-electron chi connectivity index (χ3n) is 4.41. The third kappa shape index (κ3) is 4.66. The van der Waals surface area contributed by atoms with Crippen molar-refractivity contribution in [1.29, 1.82) is 0 Å². The van der Waals surface area contributed by atoms with Gasteiger partial charge in [0.2, 0.25) is 13.3 Å². The van der Waals surface area contributed by atoms with E-state index >= 15 is 0 Å². The summed E-state index contributed by atoms with van der Waals surface area (Å²) in [5.74, 6) is -2.13. The number of hydrogen-bond acceptors (Lipinski definition) is 3. The first kappa shape index (κ1) is 21.1. The summed E-state index contributed by atoms with van der Waals surface area (Å²) in [4.78, 5) is 23.9. The average Bonchev–Trinajstić information content (AvgIpc) is 2.98. The van der Waals surface area contributed by atoms with E-state index in [1.165, 1.54) is 30.1 Å². The highest BCUT2D eigenvalue weighted by Crippen LogP contribution is 2.54. The van der Waals surface area contributed by atoms with Gasteiger partial charge in [-0.25, -0.2) is 8.78 Å². The van der Waals surface area contributed by atoms with Crippen molar-refractivity contribution >= 4 is 42.7 Å². The van der Waals surface area contributed by atoms with Crippen LogP contribution in [0, 0.1) is 11.6 Å². The van der Waals surface area contributed by atoms with Gasteiger partial charge in [0.15, 0.2) is 0 Å². The van der Waals surface area contributed by atoms with Crippen molar-refractivity contribution in [3.05, 3.63) is 70.4 Å². The Morgan fingerprint density at radius 1 is 1.36 bits per heavy atom. The molecule has 148 valence electrons. The molecule has 0 saturated heterocycles. The van der Waals surface area contributed by atoms with Crippen molar-refractivity contribution in [1.82, 2.24) is 5.32 Å². The van der Waals surface area contributed by atoms with Crippen LogP contribution in [-0.4, -0.2) is 28.9 Å². The van der Waals surface area contributed by atoms with E-state index in [0.29, 0.717) is 10.8 Å². The van der Waals surface area contributed by atoms with Gasteiger partial charge in [0.05, 0.1) is 0 Å². The minimum absolute atomic E-state index is 0.0791. The summed E-state index contributed by atoms with van der Waals surface area (Å²) in [7, 11) is -3.81. The summed E-state index contributed by atoms with van der Waals surface area (Å²) in [6, 6.07) is 8.32. The Labute approximate surface area is 170 Å². The molecule has 3 atom stereocenters. The molecule has 0 radical (unpaired) electrons. The number of amides is 1. The Balaban J connectivity index is 1.82. The summed E-state index contributed by atoms with van der Waals surface area (Å²) in [5.41, 5.74) is -0.333. The third-order valence-corrected chi connectivity index (χ3v) is 7.48. The van der Waals surface area contributed by atoms with Gasteiger partial charge in [-0.2, -0.15) is 0 Å². The molecule has 2 N–H and O–H groups in total. The molecule has 1 heterocycles. The number of carbonyl (C=O) groups is 1. The zero-order chi connectivity index (χ0) is 20.5. The second kappa shape index (κ2) is 8.37. The van der Waals surface area contributed by atoms with Crippen LogP contribution in [0.25, 0.3) is 6.08 Å². The van der Waals surface area contributed by atoms with Crippen LogP contribution in [0.5, 0.6) is 0 Å². The van der Waals surface area contributed by atoms with Crippen LogP contribution in [0.1, 0.15) is 17.0 Å². The van der Waals surface area contributed by atoms with Gasteiger partial charge in [0, 0.05) is 46.1 Å². The molecule has 0 aliphatic carbocycles. The maximum absolute atomic E-state index is 13.7. The van der Waals surface area contributed by atoms with Gasteiger partial charge in [0.1, 0.15) is 17.3 Å². The molecular formula is C19H17ClF2NO3PS. The lowest BCUT2D eigenvalue weighted by molar-refractivity contribution is -0.120. The van der Waals surface area contributed by atoms with Crippen molar-refractivity contribution in [2.75, 3.05) is 12.4 Å². The molecule has 2 aromatic rings. The molecule has 3 unspecified atom stereocenters. The summed E-state index contributed by atoms with van der Waals surface area (Å²) in [6.45, 7) is 1.15. The van der Waals surface area contributed by atoms with Gasteiger partial charge >= 0.3 is 0 Å². The van der Waals surface area contributed by atoms with E-state index in [0.717, 1.165) is 29.3 Å². The molecular weight excluding hydrogens is 427 g/mol. The van der Waals surface area contributed by atoms with Crippen LogP contribution in [0.2, 0.25) is 5.02 Å². The Morgan fingerprint density at radius 3 is 2.79 bits per heavy atom. The predicted octanol–water partition coefficient (Wildman–Crippen LogP) is 4.86. The van der Waals surface area contributed by atoms with Crippen LogP contribution in [0.15, 0.2) is 47.5 Å². The first-order chi connectivity index (χ1) is 13.2. The number of thioether (sulfide) groups is 1. The fourth-order valence-electron chi connectivity index (χ4n) is 3.14. The predicted molar refractivity (Wildman–Crippen MR) is 108 cm³/mol. The van der Waals surface area contributed by atoms with Gasteiger partial charge in [-0.1, -0.05) is 11.6 Å². The summed E-state index contributed by atoms with van der Waals surface area (Å²) in [6.07, 6.45) is 2.44. The molecule has 0 fully saturated rings. The number of fused-ring (bicyclic) bond motifs is 1. The van der Waals surface area contributed by atoms with Crippen molar-refractivity contribution in [3.8, 4) is 0 Å². The summed E-state index contributed by atoms with van der Waals surface area (Å²) < 4.78 is 39.1. The highest BCUT2D eigenvalue weighted by molar-refractivity contribution is 7.99. The van der Waals surface area contributed by atoms with Crippen LogP contribution >= 0.6 is 30.7 Å². The smallest absolute Gasteiger partial charge is 0.237 e. The first-order valence-electron chi connectivity index (χ1n) is 8.31. The van der Waals surface area contributed by atoms with Crippen LogP contribution in [0.3, 0.4) is 0 Å². The normalized spacial score (nSPS) is 19.2. The lowest BCUT2D eigenvalue weighted by atomic mass is 9.97. The van der Waals surface area contributed by atoms with E-state index in [1.807, 2.05) is 6.07 Å². The quantitative estimate of drug-likeness (QED) is 0.647. The second-order valence-corrected chi connectivity index (χ2v) is 10.4. The van der Waals surface area contributed by atoms with E-state index in [4.69, 9.17) is 11.6 Å². The maximum atomic E-state index is 13.7. The van der Waals surface area contributed by atoms with Crippen LogP contribution < -0.4 is 5.32 Å². The largest absolute Gasteiger partial charge is 0.344 e. The molecule has 28 heavy (non-hydrogen) atoms. The fraction of sp³-hybridized carbons (Fsp3) is 0.211. The molecule has 1 amide bonds. The highest BCUT2D eigenvalue weighted by atomic mass is 35.5. The maximum Gasteiger partial charge on any atom is 0.237 e. The van der Waals surface area contributed by atoms with Gasteiger partial charge < -0.3 is 10.2 Å². The SMILES string of the molecule is CP(=O)(O)C(C(=O)N/C=C/c1ccc(F)cc1F)C1CSc2ccc(Cl)cc21. The van der Waals surface area contributed by atoms with Crippen LogP contribution in [0.4, 0.5) is 8.78 Å². The highest BCUT2D eigenvalue weighted by Gasteiger charge is 2.43. The topological polar surface area (TPSA) is 66.4 Å². The Morgan fingerprint density at radius 2 is 2.11 bits per heavy atom. The van der Waals surface area contributed by atoms with Crippen molar-refractivity contribution in [2.24, 2.45) is 0 Å². The number of nitrogens with one attached hydrogen (secondary N) is 1. The van der Waals surface area contributed by atoms with E-state index in [2.05, 4.69) is 5.32 Å². The number of carbonyl (C=O) groups excluding carboxylic acids is 1. The molecule has 2 aromatic carbocycles. The minimum atomic E-state index is -3.81. The van der Waals surface area contributed by atoms with Crippen molar-refractivity contribution in [3.63, 3.8) is 0 Å². The zero-order valence-electron chi connectivity index (χ0n) is 14.7. The Hall–Kier alpha value is -1.66. The summed E-state index contributed by atoms with van der Waals surface area (Å²) in [5, 5.41) is 2.93. The molecule has 1 aliphatic rings. The van der Waals surface area contributed by atoms with Gasteiger partial charge in [0.25, 0.3) is 0 Å². The average molecular weight is 444 g/mol. The molecule has 0 saturated carbocycles. The standard InChI is InChI=1S/C19H17ClF2NO3PS/c1-27(25,26)18(15-10-28-17-5-3-12(20)8-14(15)17)19(24)23-7-6-11-2-4-13(21)9-16(11)22/h2-9,15,18H,10H2,1H3,(H,23,24)(H,25,26)/b7-6+. The summed E-state index contributed by atoms with van der Waals surface area (Å²) >= 11 is 7.55. The number of rotatable bonds is 5. The molecule has 9 heteroatoms. The minimum Gasteiger partial charge on any atom is -0.344 e. The fourth-order valence-corrected chi connectivity index (χ4v) is 6.18. The number of benzene rings is 2. The van der Waals surface area contributed by atoms with Crippen molar-refractivity contribution < 1.29 is 23.0 Å². The van der Waals surface area contributed by atoms with E-state index in [1.54, 1.807) is 12.1 Å². The second-order valence-electron chi connectivity index (χ2n) is 6.50. The lowest BCUT2D eigenvalue weighted by Crippen LogP contribution is -2.36. The molecule has 0 spiro atoms. The van der Waals surface area contributed by atoms with E-state index in [9.17, 15) is 23.0 Å². The monoisotopic (exact) mass is 443 g/mol. The van der Waals surface area contributed by atoms with Crippen LogP contribution in [-0.2, 0) is 9.36 Å². The van der Waals surface area contributed by atoms with Gasteiger partial charge in [-0.05, 0) is 42.0 Å².